The molecule has 126 valence electrons. The molecule has 1 amide bonds. The molecule has 0 bridgehead atoms. The summed E-state index contributed by atoms with van der Waals surface area (Å²) in [5.74, 6) is -0.216. The molecule has 1 atom stereocenters. The highest BCUT2D eigenvalue weighted by atomic mass is 16.1. The summed E-state index contributed by atoms with van der Waals surface area (Å²) in [6, 6.07) is 13.5. The largest absolute Gasteiger partial charge is 0.369 e. The van der Waals surface area contributed by atoms with Gasteiger partial charge in [-0.3, -0.25) is 14.5 Å². The van der Waals surface area contributed by atoms with Crippen LogP contribution in [0.25, 0.3) is 0 Å². The minimum atomic E-state index is -0.191. The number of primary amides is 1. The number of hydrogen-bond donors (Lipinski definition) is 1. The van der Waals surface area contributed by atoms with E-state index in [4.69, 9.17) is 5.73 Å². The van der Waals surface area contributed by atoms with Gasteiger partial charge >= 0.3 is 0 Å². The fourth-order valence-corrected chi connectivity index (χ4v) is 3.23. The summed E-state index contributed by atoms with van der Waals surface area (Å²) >= 11 is 0. The summed E-state index contributed by atoms with van der Waals surface area (Å²) in [5, 5.41) is 0. The Morgan fingerprint density at radius 1 is 1.08 bits per heavy atom. The number of likely N-dealkylation sites (tertiary alicyclic amines) is 1. The van der Waals surface area contributed by atoms with Crippen molar-refractivity contribution in [1.82, 2.24) is 9.47 Å². The molecule has 2 heterocycles. The second kappa shape index (κ2) is 7.45. The second-order valence-corrected chi connectivity index (χ2v) is 6.46. The number of pyridine rings is 1. The highest BCUT2D eigenvalue weighted by Gasteiger charge is 2.23. The number of carbonyl (C=O) groups excluding carboxylic acids is 1. The predicted octanol–water partition coefficient (Wildman–Crippen LogP) is 1.59. The summed E-state index contributed by atoms with van der Waals surface area (Å²) in [4.78, 5) is 25.4. The molecule has 3 rings (SSSR count). The van der Waals surface area contributed by atoms with Crippen molar-refractivity contribution < 1.29 is 4.79 Å². The number of nitrogens with two attached hydrogens (primary N) is 1. The lowest BCUT2D eigenvalue weighted by Gasteiger charge is -2.31. The lowest BCUT2D eigenvalue weighted by atomic mass is 9.97. The van der Waals surface area contributed by atoms with Gasteiger partial charge in [0, 0.05) is 25.4 Å². The molecule has 0 aliphatic carbocycles. The van der Waals surface area contributed by atoms with Crippen LogP contribution in [0.5, 0.6) is 0 Å². The highest BCUT2D eigenvalue weighted by molar-refractivity contribution is 5.76. The standard InChI is InChI=1S/C19H23N3O2/c20-19(24)17-4-3-10-21(14-17)12-15-6-8-16(9-7-15)13-22-11-2-1-5-18(22)23/h1-2,5-9,11,17H,3-4,10,12-14H2,(H2,20,24). The minimum Gasteiger partial charge on any atom is -0.369 e. The molecule has 0 radical (unpaired) electrons. The number of carbonyl (C=O) groups is 1. The van der Waals surface area contributed by atoms with E-state index >= 15 is 0 Å². The number of amides is 1. The first-order chi connectivity index (χ1) is 11.6. The SMILES string of the molecule is NC(=O)C1CCCN(Cc2ccc(Cn3ccccc3=O)cc2)C1. The average molecular weight is 325 g/mol. The average Bonchev–Trinajstić information content (AvgIpc) is 2.59. The maximum Gasteiger partial charge on any atom is 0.250 e. The molecular weight excluding hydrogens is 302 g/mol. The molecule has 1 aromatic carbocycles. The van der Waals surface area contributed by atoms with Gasteiger partial charge in [0.1, 0.15) is 0 Å². The summed E-state index contributed by atoms with van der Waals surface area (Å²) < 4.78 is 1.69. The van der Waals surface area contributed by atoms with Crippen molar-refractivity contribution in [2.75, 3.05) is 13.1 Å². The van der Waals surface area contributed by atoms with Crippen LogP contribution >= 0.6 is 0 Å². The Morgan fingerprint density at radius 3 is 2.46 bits per heavy atom. The van der Waals surface area contributed by atoms with Crippen molar-refractivity contribution in [2.24, 2.45) is 11.7 Å². The van der Waals surface area contributed by atoms with E-state index in [2.05, 4.69) is 29.2 Å². The van der Waals surface area contributed by atoms with E-state index in [1.165, 1.54) is 5.56 Å². The zero-order chi connectivity index (χ0) is 16.9. The van der Waals surface area contributed by atoms with Gasteiger partial charge in [0.05, 0.1) is 12.5 Å². The van der Waals surface area contributed by atoms with Crippen molar-refractivity contribution in [3.63, 3.8) is 0 Å². The molecule has 0 spiro atoms. The van der Waals surface area contributed by atoms with E-state index in [0.29, 0.717) is 6.54 Å². The first-order valence-corrected chi connectivity index (χ1v) is 8.37. The van der Waals surface area contributed by atoms with E-state index in [0.717, 1.165) is 38.0 Å². The van der Waals surface area contributed by atoms with Crippen LogP contribution in [0, 0.1) is 5.92 Å². The molecular formula is C19H23N3O2. The molecule has 1 aliphatic rings. The van der Waals surface area contributed by atoms with Crippen LogP contribution < -0.4 is 11.3 Å². The Hall–Kier alpha value is -2.40. The van der Waals surface area contributed by atoms with E-state index in [-0.39, 0.29) is 17.4 Å². The monoisotopic (exact) mass is 325 g/mol. The van der Waals surface area contributed by atoms with E-state index in [1.807, 2.05) is 6.07 Å². The van der Waals surface area contributed by atoms with Crippen molar-refractivity contribution in [1.29, 1.82) is 0 Å². The van der Waals surface area contributed by atoms with E-state index in [9.17, 15) is 9.59 Å². The normalized spacial score (nSPS) is 18.4. The van der Waals surface area contributed by atoms with Gasteiger partial charge in [0.2, 0.25) is 5.91 Å². The summed E-state index contributed by atoms with van der Waals surface area (Å²) in [6.07, 6.45) is 3.72. The zero-order valence-corrected chi connectivity index (χ0v) is 13.7. The van der Waals surface area contributed by atoms with Gasteiger partial charge in [-0.25, -0.2) is 0 Å². The van der Waals surface area contributed by atoms with Crippen LogP contribution in [-0.2, 0) is 17.9 Å². The molecule has 1 fully saturated rings. The molecule has 0 saturated carbocycles. The number of benzene rings is 1. The quantitative estimate of drug-likeness (QED) is 0.908. The Bertz CT molecular complexity index is 752. The first kappa shape index (κ1) is 16.5. The van der Waals surface area contributed by atoms with Gasteiger partial charge in [0.25, 0.3) is 5.56 Å². The van der Waals surface area contributed by atoms with Crippen LogP contribution in [0.3, 0.4) is 0 Å². The smallest absolute Gasteiger partial charge is 0.250 e. The lowest BCUT2D eigenvalue weighted by molar-refractivity contribution is -0.123. The van der Waals surface area contributed by atoms with Crippen LogP contribution in [0.2, 0.25) is 0 Å². The third kappa shape index (κ3) is 4.11. The minimum absolute atomic E-state index is 0.00684. The molecule has 2 N–H and O–H groups in total. The van der Waals surface area contributed by atoms with Crippen LogP contribution in [0.4, 0.5) is 0 Å². The van der Waals surface area contributed by atoms with Gasteiger partial charge in [-0.2, -0.15) is 0 Å². The molecule has 1 aromatic heterocycles. The Morgan fingerprint density at radius 2 is 1.79 bits per heavy atom. The number of nitrogens with zero attached hydrogens (tertiary/aromatic N) is 2. The van der Waals surface area contributed by atoms with E-state index < -0.39 is 0 Å². The third-order valence-electron chi connectivity index (χ3n) is 4.59. The molecule has 1 aliphatic heterocycles. The van der Waals surface area contributed by atoms with Gasteiger partial charge in [-0.05, 0) is 36.6 Å². The number of aromatic nitrogens is 1. The van der Waals surface area contributed by atoms with Crippen LogP contribution in [-0.4, -0.2) is 28.5 Å². The van der Waals surface area contributed by atoms with Crippen molar-refractivity contribution in [3.05, 3.63) is 70.1 Å². The van der Waals surface area contributed by atoms with Gasteiger partial charge in [0.15, 0.2) is 0 Å². The second-order valence-electron chi connectivity index (χ2n) is 6.46. The van der Waals surface area contributed by atoms with Gasteiger partial charge < -0.3 is 10.3 Å². The topological polar surface area (TPSA) is 68.3 Å². The molecule has 2 aromatic rings. The summed E-state index contributed by atoms with van der Waals surface area (Å²) in [7, 11) is 0. The maximum absolute atomic E-state index is 11.8. The molecule has 24 heavy (non-hydrogen) atoms. The molecule has 5 nitrogen and oxygen atoms in total. The number of rotatable bonds is 5. The fraction of sp³-hybridized carbons (Fsp3) is 0.368. The lowest BCUT2D eigenvalue weighted by Crippen LogP contribution is -2.40. The molecule has 5 heteroatoms. The van der Waals surface area contributed by atoms with Crippen LogP contribution in [0.15, 0.2) is 53.5 Å². The zero-order valence-electron chi connectivity index (χ0n) is 13.7. The molecule has 1 unspecified atom stereocenters. The van der Waals surface area contributed by atoms with Crippen molar-refractivity contribution in [2.45, 2.75) is 25.9 Å². The predicted molar refractivity (Wildman–Crippen MR) is 93.4 cm³/mol. The van der Waals surface area contributed by atoms with Crippen molar-refractivity contribution in [3.8, 4) is 0 Å². The fourth-order valence-electron chi connectivity index (χ4n) is 3.23. The third-order valence-corrected chi connectivity index (χ3v) is 4.59. The van der Waals surface area contributed by atoms with E-state index in [1.54, 1.807) is 22.9 Å². The Kier molecular flexibility index (Phi) is 5.11. The first-order valence-electron chi connectivity index (χ1n) is 8.37. The summed E-state index contributed by atoms with van der Waals surface area (Å²) in [6.45, 7) is 3.16. The number of hydrogen-bond acceptors (Lipinski definition) is 3. The van der Waals surface area contributed by atoms with Crippen LogP contribution in [0.1, 0.15) is 24.0 Å². The van der Waals surface area contributed by atoms with Gasteiger partial charge in [-0.1, -0.05) is 30.3 Å². The summed E-state index contributed by atoms with van der Waals surface area (Å²) in [5.41, 5.74) is 7.75. The Balaban J connectivity index is 1.61. The van der Waals surface area contributed by atoms with Crippen molar-refractivity contribution >= 4 is 5.91 Å². The van der Waals surface area contributed by atoms with Gasteiger partial charge in [-0.15, -0.1) is 0 Å². The Labute approximate surface area is 141 Å². The maximum atomic E-state index is 11.8. The number of piperidine rings is 1. The highest BCUT2D eigenvalue weighted by Crippen LogP contribution is 2.18. The molecule has 1 saturated heterocycles.